The third kappa shape index (κ3) is 3.37. The maximum Gasteiger partial charge on any atom is 0.407 e. The van der Waals surface area contributed by atoms with Crippen LogP contribution in [0.5, 0.6) is 0 Å². The average Bonchev–Trinajstić information content (AvgIpc) is 2.59. The molecule has 1 aromatic rings. The number of carbonyl (C=O) groups excluding carboxylic acids is 1. The van der Waals surface area contributed by atoms with E-state index in [9.17, 15) is 4.79 Å². The first-order valence-corrected chi connectivity index (χ1v) is 9.48. The Kier molecular flexibility index (Phi) is 5.37. The van der Waals surface area contributed by atoms with Crippen LogP contribution in [0, 0.1) is 23.2 Å². The third-order valence-corrected chi connectivity index (χ3v) is 6.14. The molecule has 1 aliphatic heterocycles. The van der Waals surface area contributed by atoms with E-state index in [0.717, 1.165) is 5.56 Å². The molecule has 0 spiro atoms. The van der Waals surface area contributed by atoms with E-state index in [1.165, 1.54) is 5.57 Å². The first-order valence-electron chi connectivity index (χ1n) is 9.48. The molecule has 5 atom stereocenters. The fraction of sp³-hybridized carbons (Fsp3) is 0.619. The minimum atomic E-state index is -0.356. The maximum absolute atomic E-state index is 12.0. The zero-order valence-corrected chi connectivity index (χ0v) is 16.4. The van der Waals surface area contributed by atoms with Gasteiger partial charge in [0.05, 0.1) is 12.7 Å². The van der Waals surface area contributed by atoms with Crippen molar-refractivity contribution < 1.29 is 14.3 Å². The molecule has 5 nitrogen and oxygen atoms in total. The van der Waals surface area contributed by atoms with E-state index in [-0.39, 0.29) is 35.5 Å². The molecule has 1 aromatic heterocycles. The molecule has 1 N–H and O–H groups in total. The van der Waals surface area contributed by atoms with Gasteiger partial charge in [-0.1, -0.05) is 31.6 Å². The number of pyridine rings is 1. The Bertz CT molecular complexity index is 673. The number of nitrogens with zero attached hydrogens (tertiary/aromatic N) is 1. The molecule has 2 heterocycles. The summed E-state index contributed by atoms with van der Waals surface area (Å²) >= 11 is 0. The molecule has 5 heteroatoms. The predicted molar refractivity (Wildman–Crippen MR) is 101 cm³/mol. The van der Waals surface area contributed by atoms with Gasteiger partial charge in [-0.15, -0.1) is 0 Å². The summed E-state index contributed by atoms with van der Waals surface area (Å²) in [6, 6.07) is 4.10. The quantitative estimate of drug-likeness (QED) is 0.823. The van der Waals surface area contributed by atoms with Gasteiger partial charge in [0, 0.05) is 29.8 Å². The number of amides is 1. The number of carbonyl (C=O) groups is 1. The highest BCUT2D eigenvalue weighted by atomic mass is 16.6. The number of rotatable bonds is 4. The topological polar surface area (TPSA) is 60.5 Å². The number of aromatic nitrogens is 1. The SMILES string of the molecule is CC1=C[C@@H](C)[C@]2(COC(=O)NC(C)C)CO[C@H](c3cccnc3)[C@H]1[C@H]2C. The van der Waals surface area contributed by atoms with Gasteiger partial charge in [-0.3, -0.25) is 4.98 Å². The molecule has 2 aliphatic rings. The molecule has 1 aliphatic carbocycles. The van der Waals surface area contributed by atoms with Gasteiger partial charge in [0.1, 0.15) is 6.61 Å². The van der Waals surface area contributed by atoms with Crippen LogP contribution in [0.3, 0.4) is 0 Å². The number of hydrogen-bond donors (Lipinski definition) is 1. The molecule has 0 radical (unpaired) electrons. The minimum absolute atomic E-state index is 0.0000607. The van der Waals surface area contributed by atoms with Crippen LogP contribution >= 0.6 is 0 Å². The number of hydrogen-bond acceptors (Lipinski definition) is 4. The Balaban J connectivity index is 1.84. The lowest BCUT2D eigenvalue weighted by atomic mass is 9.56. The summed E-state index contributed by atoms with van der Waals surface area (Å²) < 4.78 is 12.0. The zero-order chi connectivity index (χ0) is 18.9. The summed E-state index contributed by atoms with van der Waals surface area (Å²) in [5, 5.41) is 2.80. The van der Waals surface area contributed by atoms with Crippen molar-refractivity contribution in [1.82, 2.24) is 10.3 Å². The Morgan fingerprint density at radius 3 is 2.88 bits per heavy atom. The molecule has 1 amide bonds. The van der Waals surface area contributed by atoms with Crippen molar-refractivity contribution in [2.24, 2.45) is 23.2 Å². The van der Waals surface area contributed by atoms with Crippen LogP contribution in [0.15, 0.2) is 36.2 Å². The second kappa shape index (κ2) is 7.39. The van der Waals surface area contributed by atoms with Crippen molar-refractivity contribution in [2.75, 3.05) is 13.2 Å². The molecule has 0 aromatic carbocycles. The summed E-state index contributed by atoms with van der Waals surface area (Å²) in [7, 11) is 0. The first kappa shape index (κ1) is 18.9. The van der Waals surface area contributed by atoms with Crippen LogP contribution in [0.1, 0.15) is 46.3 Å². The average molecular weight is 358 g/mol. The lowest BCUT2D eigenvalue weighted by molar-refractivity contribution is -0.165. The van der Waals surface area contributed by atoms with Crippen molar-refractivity contribution in [3.63, 3.8) is 0 Å². The van der Waals surface area contributed by atoms with Gasteiger partial charge < -0.3 is 14.8 Å². The van der Waals surface area contributed by atoms with Crippen molar-refractivity contribution in [2.45, 2.75) is 46.8 Å². The highest BCUT2D eigenvalue weighted by Crippen LogP contribution is 2.56. The second-order valence-electron chi connectivity index (χ2n) is 8.14. The molecular formula is C21H30N2O3. The van der Waals surface area contributed by atoms with Crippen molar-refractivity contribution in [3.8, 4) is 0 Å². The fourth-order valence-corrected chi connectivity index (χ4v) is 4.58. The molecule has 0 saturated carbocycles. The van der Waals surface area contributed by atoms with Crippen LogP contribution in [-0.2, 0) is 9.47 Å². The van der Waals surface area contributed by atoms with Crippen LogP contribution in [0.2, 0.25) is 0 Å². The van der Waals surface area contributed by atoms with Gasteiger partial charge in [0.25, 0.3) is 0 Å². The Morgan fingerprint density at radius 1 is 1.46 bits per heavy atom. The van der Waals surface area contributed by atoms with E-state index in [0.29, 0.717) is 19.1 Å². The van der Waals surface area contributed by atoms with Crippen molar-refractivity contribution >= 4 is 6.09 Å². The smallest absolute Gasteiger partial charge is 0.407 e. The Hall–Kier alpha value is -1.88. The van der Waals surface area contributed by atoms with E-state index < -0.39 is 0 Å². The molecule has 142 valence electrons. The standard InChI is InChI=1S/C21H30N2O3/c1-13(2)23-20(24)26-12-21-11-25-19(17-7-6-8-22-10-17)18(16(21)5)14(3)9-15(21)4/h6-10,13,15-16,18-19H,11-12H2,1-5H3,(H,23,24)/t15-,16-,18-,19-,21-/m1/s1. The van der Waals surface area contributed by atoms with E-state index in [4.69, 9.17) is 9.47 Å². The number of fused-ring (bicyclic) bond motifs is 2. The molecule has 26 heavy (non-hydrogen) atoms. The van der Waals surface area contributed by atoms with E-state index in [2.05, 4.69) is 43.2 Å². The number of nitrogens with one attached hydrogen (secondary N) is 1. The zero-order valence-electron chi connectivity index (χ0n) is 16.4. The summed E-state index contributed by atoms with van der Waals surface area (Å²) in [4.78, 5) is 16.3. The fourth-order valence-electron chi connectivity index (χ4n) is 4.58. The molecule has 1 saturated heterocycles. The number of alkyl carbamates (subject to hydrolysis) is 1. The Morgan fingerprint density at radius 2 is 2.23 bits per heavy atom. The molecule has 2 bridgehead atoms. The lowest BCUT2D eigenvalue weighted by Gasteiger charge is -2.55. The van der Waals surface area contributed by atoms with E-state index in [1.54, 1.807) is 6.20 Å². The van der Waals surface area contributed by atoms with E-state index in [1.807, 2.05) is 26.1 Å². The molecule has 0 unspecified atom stereocenters. The lowest BCUT2D eigenvalue weighted by Crippen LogP contribution is -2.55. The molecule has 1 fully saturated rings. The predicted octanol–water partition coefficient (Wildman–Crippen LogP) is 4.12. The van der Waals surface area contributed by atoms with E-state index >= 15 is 0 Å². The first-order chi connectivity index (χ1) is 12.3. The summed E-state index contributed by atoms with van der Waals surface area (Å²) in [6.07, 6.45) is 5.65. The minimum Gasteiger partial charge on any atom is -0.449 e. The number of allylic oxidation sites excluding steroid dienone is 1. The van der Waals surface area contributed by atoms with Crippen LogP contribution in [-0.4, -0.2) is 30.3 Å². The van der Waals surface area contributed by atoms with Gasteiger partial charge in [-0.05, 0) is 44.2 Å². The summed E-state index contributed by atoms with van der Waals surface area (Å²) in [5.74, 6) is 0.893. The van der Waals surface area contributed by atoms with Gasteiger partial charge in [-0.25, -0.2) is 4.79 Å². The summed E-state index contributed by atoms with van der Waals surface area (Å²) in [6.45, 7) is 11.5. The van der Waals surface area contributed by atoms with Crippen LogP contribution < -0.4 is 5.32 Å². The normalized spacial score (nSPS) is 33.5. The summed E-state index contributed by atoms with van der Waals surface area (Å²) in [5.41, 5.74) is 2.26. The van der Waals surface area contributed by atoms with Crippen molar-refractivity contribution in [1.29, 1.82) is 0 Å². The largest absolute Gasteiger partial charge is 0.449 e. The number of ether oxygens (including phenoxy) is 2. The maximum atomic E-state index is 12.0. The highest BCUT2D eigenvalue weighted by molar-refractivity contribution is 5.67. The monoisotopic (exact) mass is 358 g/mol. The Labute approximate surface area is 156 Å². The van der Waals surface area contributed by atoms with Crippen LogP contribution in [0.4, 0.5) is 4.79 Å². The van der Waals surface area contributed by atoms with Gasteiger partial charge in [0.15, 0.2) is 0 Å². The molecular weight excluding hydrogens is 328 g/mol. The van der Waals surface area contributed by atoms with Crippen LogP contribution in [0.25, 0.3) is 0 Å². The van der Waals surface area contributed by atoms with Crippen molar-refractivity contribution in [3.05, 3.63) is 41.7 Å². The van der Waals surface area contributed by atoms with Gasteiger partial charge >= 0.3 is 6.09 Å². The van der Waals surface area contributed by atoms with Gasteiger partial charge in [-0.2, -0.15) is 0 Å². The van der Waals surface area contributed by atoms with Gasteiger partial charge in [0.2, 0.25) is 0 Å². The molecule has 3 rings (SSSR count). The highest BCUT2D eigenvalue weighted by Gasteiger charge is 2.54. The third-order valence-electron chi connectivity index (χ3n) is 6.14. The second-order valence-corrected chi connectivity index (χ2v) is 8.14.